The predicted molar refractivity (Wildman–Crippen MR) is 67.9 cm³/mol. The summed E-state index contributed by atoms with van der Waals surface area (Å²) >= 11 is 0. The molecule has 0 fully saturated rings. The summed E-state index contributed by atoms with van der Waals surface area (Å²) in [4.78, 5) is 0. The topological polar surface area (TPSA) is 123 Å². The van der Waals surface area contributed by atoms with E-state index < -0.39 is 5.92 Å². The fourth-order valence-corrected chi connectivity index (χ4v) is 1.64. The minimum absolute atomic E-state index is 0.135. The summed E-state index contributed by atoms with van der Waals surface area (Å²) in [6.07, 6.45) is 1.25. The molecule has 0 saturated carbocycles. The first-order chi connectivity index (χ1) is 9.17. The van der Waals surface area contributed by atoms with E-state index in [4.69, 9.17) is 26.2 Å². The molecule has 92 valence electrons. The third-order valence-corrected chi connectivity index (χ3v) is 2.57. The van der Waals surface area contributed by atoms with Crippen LogP contribution >= 0.6 is 0 Å². The maximum absolute atomic E-state index is 8.82. The van der Waals surface area contributed by atoms with Crippen molar-refractivity contribution in [1.29, 1.82) is 15.9 Å². The van der Waals surface area contributed by atoms with Gasteiger partial charge in [0.05, 0.1) is 23.4 Å². The second-order valence-electron chi connectivity index (χ2n) is 3.81. The van der Waals surface area contributed by atoms with Crippen LogP contribution in [0.1, 0.15) is 5.56 Å². The smallest absolute Gasteiger partial charge is 0.175 e. The molecule has 2 aromatic rings. The van der Waals surface area contributed by atoms with Gasteiger partial charge in [-0.25, -0.2) is 0 Å². The number of anilines is 1. The van der Waals surface area contributed by atoms with E-state index in [1.807, 2.05) is 0 Å². The van der Waals surface area contributed by atoms with Crippen molar-refractivity contribution >= 4 is 11.4 Å². The molecule has 6 heteroatoms. The van der Waals surface area contributed by atoms with Gasteiger partial charge in [-0.3, -0.25) is 0 Å². The summed E-state index contributed by atoms with van der Waals surface area (Å²) in [6, 6.07) is 10.4. The normalized spacial score (nSPS) is 9.84. The van der Waals surface area contributed by atoms with Crippen molar-refractivity contribution in [2.45, 2.75) is 0 Å². The first-order valence-corrected chi connectivity index (χ1v) is 5.35. The summed E-state index contributed by atoms with van der Waals surface area (Å²) in [6.45, 7) is 0. The highest BCUT2D eigenvalue weighted by Crippen LogP contribution is 2.25. The Morgan fingerprint density at radius 1 is 1.37 bits per heavy atom. The lowest BCUT2D eigenvalue weighted by Crippen LogP contribution is -2.11. The van der Waals surface area contributed by atoms with Gasteiger partial charge in [0.1, 0.15) is 12.0 Å². The third kappa shape index (κ3) is 2.28. The first-order valence-electron chi connectivity index (χ1n) is 5.35. The van der Waals surface area contributed by atoms with E-state index in [1.54, 1.807) is 36.4 Å². The van der Waals surface area contributed by atoms with Crippen LogP contribution in [0.15, 0.2) is 35.1 Å². The zero-order valence-electron chi connectivity index (χ0n) is 9.79. The van der Waals surface area contributed by atoms with Gasteiger partial charge in [0, 0.05) is 11.3 Å². The van der Waals surface area contributed by atoms with Gasteiger partial charge in [0.2, 0.25) is 0 Å². The number of nitrogens with one attached hydrogen (secondary N) is 1. The maximum atomic E-state index is 8.82. The lowest BCUT2D eigenvalue weighted by Gasteiger charge is -2.04. The van der Waals surface area contributed by atoms with Crippen molar-refractivity contribution in [3.8, 4) is 23.4 Å². The number of benzene rings is 1. The number of nitrogens with zero attached hydrogens (tertiary/aromatic N) is 3. The molecular weight excluding hydrogens is 242 g/mol. The zero-order chi connectivity index (χ0) is 13.8. The fourth-order valence-electron chi connectivity index (χ4n) is 1.64. The van der Waals surface area contributed by atoms with Crippen LogP contribution < -0.4 is 5.73 Å². The quantitative estimate of drug-likeness (QED) is 0.637. The van der Waals surface area contributed by atoms with E-state index in [0.29, 0.717) is 22.5 Å². The van der Waals surface area contributed by atoms with Crippen LogP contribution in [-0.2, 0) is 0 Å². The van der Waals surface area contributed by atoms with Gasteiger partial charge in [-0.1, -0.05) is 17.3 Å². The molecule has 0 spiro atoms. The van der Waals surface area contributed by atoms with Crippen molar-refractivity contribution in [2.24, 2.45) is 5.92 Å². The molecule has 3 N–H and O–H groups in total. The van der Waals surface area contributed by atoms with Gasteiger partial charge in [0.15, 0.2) is 5.92 Å². The van der Waals surface area contributed by atoms with Crippen LogP contribution in [0.4, 0.5) is 5.69 Å². The number of rotatable bonds is 3. The molecular formula is C13H9N5O. The summed E-state index contributed by atoms with van der Waals surface area (Å²) in [7, 11) is 0. The Labute approximate surface area is 109 Å². The van der Waals surface area contributed by atoms with Gasteiger partial charge >= 0.3 is 0 Å². The Hall–Kier alpha value is -3.12. The van der Waals surface area contributed by atoms with Crippen LogP contribution in [0.3, 0.4) is 0 Å². The lowest BCUT2D eigenvalue weighted by atomic mass is 9.97. The van der Waals surface area contributed by atoms with Crippen LogP contribution in [0.5, 0.6) is 0 Å². The van der Waals surface area contributed by atoms with E-state index in [9.17, 15) is 0 Å². The molecule has 1 aromatic carbocycles. The second kappa shape index (κ2) is 5.03. The van der Waals surface area contributed by atoms with Crippen LogP contribution in [0, 0.1) is 34.0 Å². The summed E-state index contributed by atoms with van der Waals surface area (Å²) in [5, 5.41) is 29.3. The number of nitrogen functional groups attached to an aromatic ring is 1. The van der Waals surface area contributed by atoms with Gasteiger partial charge in [-0.05, 0) is 12.1 Å². The highest BCUT2D eigenvalue weighted by atomic mass is 16.5. The molecule has 6 nitrogen and oxygen atoms in total. The highest BCUT2D eigenvalue weighted by molar-refractivity contribution is 6.06. The van der Waals surface area contributed by atoms with Crippen molar-refractivity contribution in [1.82, 2.24) is 5.16 Å². The Bertz CT molecular complexity index is 690. The second-order valence-corrected chi connectivity index (χ2v) is 3.81. The van der Waals surface area contributed by atoms with Gasteiger partial charge in [0.25, 0.3) is 0 Å². The lowest BCUT2D eigenvalue weighted by molar-refractivity contribution is 0.422. The van der Waals surface area contributed by atoms with Crippen LogP contribution in [0.2, 0.25) is 0 Å². The van der Waals surface area contributed by atoms with Gasteiger partial charge < -0.3 is 15.7 Å². The van der Waals surface area contributed by atoms with E-state index in [-0.39, 0.29) is 5.71 Å². The van der Waals surface area contributed by atoms with E-state index in [1.165, 1.54) is 6.26 Å². The Morgan fingerprint density at radius 3 is 2.74 bits per heavy atom. The third-order valence-electron chi connectivity index (χ3n) is 2.57. The van der Waals surface area contributed by atoms with E-state index >= 15 is 0 Å². The standard InChI is InChI=1S/C13H9N5O/c14-5-9(6-15)12(17)11-7-19-18-13(11)8-2-1-3-10(16)4-8/h1-4,7,9,17H,16H2. The zero-order valence-corrected chi connectivity index (χ0v) is 9.79. The molecule has 0 aliphatic heterocycles. The van der Waals surface area contributed by atoms with Crippen LogP contribution in [-0.4, -0.2) is 10.9 Å². The van der Waals surface area contributed by atoms with E-state index in [0.717, 1.165) is 0 Å². The average molecular weight is 251 g/mol. The monoisotopic (exact) mass is 251 g/mol. The molecule has 0 radical (unpaired) electrons. The molecule has 0 amide bonds. The van der Waals surface area contributed by atoms with Crippen molar-refractivity contribution in [3.05, 3.63) is 36.1 Å². The van der Waals surface area contributed by atoms with Gasteiger partial charge in [-0.2, -0.15) is 10.5 Å². The molecule has 0 saturated heterocycles. The van der Waals surface area contributed by atoms with Crippen molar-refractivity contribution < 1.29 is 4.52 Å². The number of aromatic nitrogens is 1. The van der Waals surface area contributed by atoms with Crippen molar-refractivity contribution in [2.75, 3.05) is 5.73 Å². The first kappa shape index (κ1) is 12.3. The van der Waals surface area contributed by atoms with Crippen LogP contribution in [0.25, 0.3) is 11.3 Å². The van der Waals surface area contributed by atoms with Gasteiger partial charge in [-0.15, -0.1) is 0 Å². The minimum Gasteiger partial charge on any atom is -0.399 e. The molecule has 0 aliphatic carbocycles. The summed E-state index contributed by atoms with van der Waals surface area (Å²) < 4.78 is 4.85. The molecule has 1 aromatic heterocycles. The number of hydrogen-bond acceptors (Lipinski definition) is 6. The number of hydrogen-bond donors (Lipinski definition) is 2. The summed E-state index contributed by atoms with van der Waals surface area (Å²) in [5.74, 6) is -1.15. The molecule has 1 heterocycles. The predicted octanol–water partition coefficient (Wildman–Crippen LogP) is 1.96. The summed E-state index contributed by atoms with van der Waals surface area (Å²) in [5.41, 5.74) is 7.49. The minimum atomic E-state index is -1.15. The molecule has 0 aliphatic rings. The maximum Gasteiger partial charge on any atom is 0.175 e. The molecule has 0 unspecified atom stereocenters. The highest BCUT2D eigenvalue weighted by Gasteiger charge is 2.21. The number of nitriles is 2. The molecule has 2 rings (SSSR count). The van der Waals surface area contributed by atoms with E-state index in [2.05, 4.69) is 5.16 Å². The Balaban J connectivity index is 2.47. The Kier molecular flexibility index (Phi) is 3.26. The Morgan fingerprint density at radius 2 is 2.11 bits per heavy atom. The SMILES string of the molecule is N#CC(C#N)C(=N)c1conc1-c1cccc(N)c1. The van der Waals surface area contributed by atoms with Crippen molar-refractivity contribution in [3.63, 3.8) is 0 Å². The largest absolute Gasteiger partial charge is 0.399 e. The number of nitrogens with two attached hydrogens (primary N) is 1. The molecule has 0 atom stereocenters. The average Bonchev–Trinajstić information content (AvgIpc) is 2.89. The fraction of sp³-hybridized carbons (Fsp3) is 0.0769. The molecule has 19 heavy (non-hydrogen) atoms. The molecule has 0 bridgehead atoms.